The van der Waals surface area contributed by atoms with Gasteiger partial charge in [0.05, 0.1) is 18.2 Å². The van der Waals surface area contributed by atoms with Crippen LogP contribution < -0.4 is 18.1 Å². The van der Waals surface area contributed by atoms with Gasteiger partial charge < -0.3 is 32.7 Å². The maximum absolute atomic E-state index is 12.8. The average Bonchev–Trinajstić information content (AvgIpc) is 2.72. The quantitative estimate of drug-likeness (QED) is 0.138. The highest BCUT2D eigenvalue weighted by Gasteiger charge is 2.22. The summed E-state index contributed by atoms with van der Waals surface area (Å²) in [7, 11) is 3.41. The monoisotopic (exact) mass is 525 g/mol. The van der Waals surface area contributed by atoms with Crippen LogP contribution in [0.1, 0.15) is 31.7 Å². The fourth-order valence-electron chi connectivity index (χ4n) is 2.65. The molecule has 1 rings (SSSR count). The normalized spacial score (nSPS) is 13.3. The number of carbonyl (C=O) groups is 3. The van der Waals surface area contributed by atoms with E-state index in [1.54, 1.807) is 21.6 Å². The zero-order valence-electron chi connectivity index (χ0n) is 18.4. The molecule has 0 spiro atoms. The van der Waals surface area contributed by atoms with Crippen LogP contribution in [0.3, 0.4) is 0 Å². The molecule has 0 bridgehead atoms. The molecule has 32 heavy (non-hydrogen) atoms. The molecular weight excluding hydrogens is 494 g/mol. The fraction of sp³-hybridized carbons (Fsp3) is 0.571. The lowest BCUT2D eigenvalue weighted by molar-refractivity contribution is -0.412. The van der Waals surface area contributed by atoms with Gasteiger partial charge in [-0.25, -0.2) is 4.79 Å². The van der Waals surface area contributed by atoms with Gasteiger partial charge in [-0.3, -0.25) is 9.59 Å². The lowest BCUT2D eigenvalue weighted by Crippen LogP contribution is -3.00. The van der Waals surface area contributed by atoms with Crippen molar-refractivity contribution in [1.29, 1.82) is 0 Å². The summed E-state index contributed by atoms with van der Waals surface area (Å²) in [5.41, 5.74) is 5.25. The second-order valence-corrected chi connectivity index (χ2v) is 10.5. The van der Waals surface area contributed by atoms with Crippen LogP contribution in [-0.4, -0.2) is 58.9 Å². The minimum atomic E-state index is -1.52. The van der Waals surface area contributed by atoms with Crippen molar-refractivity contribution in [1.82, 2.24) is 0 Å². The van der Waals surface area contributed by atoms with Crippen molar-refractivity contribution < 1.29 is 47.1 Å². The van der Waals surface area contributed by atoms with Crippen LogP contribution in [0, 0.1) is 5.92 Å². The van der Waals surface area contributed by atoms with Gasteiger partial charge in [-0.2, -0.15) is 11.8 Å². The maximum Gasteiger partial charge on any atom is 0.508 e. The first kappa shape index (κ1) is 30.9. The number of carboxylic acid groups (broad SMARTS) is 1. The van der Waals surface area contributed by atoms with Crippen molar-refractivity contribution in [2.24, 2.45) is 5.92 Å². The summed E-state index contributed by atoms with van der Waals surface area (Å²) in [5.74, 6) is 1.81. The number of benzene rings is 1. The smallest absolute Gasteiger partial charge is 0.508 e. The number of carbonyl (C=O) groups excluding carboxylic acids is 2. The molecule has 182 valence electrons. The molecule has 1 aromatic rings. The summed E-state index contributed by atoms with van der Waals surface area (Å²) in [6.07, 6.45) is 0.997. The summed E-state index contributed by atoms with van der Waals surface area (Å²) < 4.78 is 9.19. The van der Waals surface area contributed by atoms with E-state index in [1.807, 2.05) is 42.1 Å². The zero-order valence-corrected chi connectivity index (χ0v) is 21.6. The van der Waals surface area contributed by atoms with Gasteiger partial charge >= 0.3 is 12.1 Å². The molecule has 7 nitrogen and oxygen atoms in total. The molecule has 4 N–H and O–H groups in total. The van der Waals surface area contributed by atoms with E-state index in [0.29, 0.717) is 18.2 Å². The van der Waals surface area contributed by atoms with Crippen molar-refractivity contribution in [3.8, 4) is 0 Å². The van der Waals surface area contributed by atoms with Gasteiger partial charge in [-0.15, -0.1) is 0 Å². The summed E-state index contributed by atoms with van der Waals surface area (Å²) in [5, 5.41) is 8.53. The van der Waals surface area contributed by atoms with Crippen LogP contribution in [-0.2, 0) is 25.5 Å². The lowest BCUT2D eigenvalue weighted by atomic mass is 9.94. The van der Waals surface area contributed by atoms with E-state index in [9.17, 15) is 14.4 Å². The number of quaternary nitrogens is 1. The zero-order chi connectivity index (χ0) is 23.1. The van der Waals surface area contributed by atoms with E-state index in [-0.39, 0.29) is 36.9 Å². The lowest BCUT2D eigenvalue weighted by Gasteiger charge is -2.16. The number of hydrogen-bond acceptors (Lipinski definition) is 8. The number of Topliss-reactive ketones (excluding diaryl/α,β-unsaturated/α-hetero) is 1. The van der Waals surface area contributed by atoms with Crippen LogP contribution in [0.2, 0.25) is 0 Å². The third-order valence-corrected chi connectivity index (χ3v) is 7.58. The Morgan fingerprint density at radius 3 is 2.34 bits per heavy atom. The third kappa shape index (κ3) is 14.9. The predicted octanol–water partition coefficient (Wildman–Crippen LogP) is 0.527. The maximum atomic E-state index is 12.8. The molecule has 0 fully saturated rings. The summed E-state index contributed by atoms with van der Waals surface area (Å²) >= 11 is 1.82. The van der Waals surface area contributed by atoms with Gasteiger partial charge in [-0.1, -0.05) is 51.9 Å². The number of thioether (sulfide) groups is 1. The molecule has 2 unspecified atom stereocenters. The Labute approximate surface area is 208 Å². The van der Waals surface area contributed by atoms with Crippen molar-refractivity contribution in [2.45, 2.75) is 44.9 Å². The Balaban J connectivity index is 0.00000961. The third-order valence-electron chi connectivity index (χ3n) is 4.31. The van der Waals surface area contributed by atoms with E-state index in [2.05, 4.69) is 16.7 Å². The Bertz CT molecular complexity index is 683. The molecule has 0 saturated carbocycles. The van der Waals surface area contributed by atoms with Crippen molar-refractivity contribution in [3.05, 3.63) is 35.9 Å². The van der Waals surface area contributed by atoms with Gasteiger partial charge in [0.15, 0.2) is 0 Å². The Kier molecular flexibility index (Phi) is 17.8. The number of rotatable bonds is 16. The van der Waals surface area contributed by atoms with Crippen LogP contribution in [0.25, 0.3) is 0 Å². The topological polar surface area (TPSA) is 118 Å². The Morgan fingerprint density at radius 2 is 1.72 bits per heavy atom. The number of ketones is 1. The van der Waals surface area contributed by atoms with Gasteiger partial charge in [-0.05, 0) is 24.0 Å². The van der Waals surface area contributed by atoms with Crippen LogP contribution in [0.15, 0.2) is 30.3 Å². The fourth-order valence-corrected chi connectivity index (χ4v) is 5.88. The minimum absolute atomic E-state index is 0. The van der Waals surface area contributed by atoms with Gasteiger partial charge in [0.2, 0.25) is 6.29 Å². The predicted molar refractivity (Wildman–Crippen MR) is 127 cm³/mol. The first-order chi connectivity index (χ1) is 14.8. The van der Waals surface area contributed by atoms with Crippen molar-refractivity contribution >= 4 is 51.3 Å². The van der Waals surface area contributed by atoms with E-state index in [0.717, 1.165) is 23.5 Å². The van der Waals surface area contributed by atoms with Crippen molar-refractivity contribution in [3.63, 3.8) is 0 Å². The van der Waals surface area contributed by atoms with Gasteiger partial charge in [0.1, 0.15) is 5.78 Å². The number of hydrogen-bond donors (Lipinski definition) is 2. The highest BCUT2D eigenvalue weighted by Crippen LogP contribution is 2.27. The molecule has 11 heteroatoms. The molecule has 0 aliphatic heterocycles. The van der Waals surface area contributed by atoms with Gasteiger partial charge in [0, 0.05) is 31.4 Å². The van der Waals surface area contributed by atoms with E-state index < -0.39 is 18.4 Å². The van der Waals surface area contributed by atoms with Crippen LogP contribution in [0.4, 0.5) is 4.79 Å². The van der Waals surface area contributed by atoms with E-state index in [4.69, 9.17) is 9.84 Å². The molecule has 0 saturated heterocycles. The molecule has 0 radical (unpaired) electrons. The molecule has 0 aromatic heterocycles. The van der Waals surface area contributed by atoms with E-state index >= 15 is 0 Å². The summed E-state index contributed by atoms with van der Waals surface area (Å²) in [6, 6.07) is 10.2. The number of esters is 1. The standard InChI is InChI=1S/C21H31NO6S3.ClH/c1-15(28-21(25)26)27-20(24)9-8-19(23)17(12-16-6-4-3-5-7-16)13-30-31-14-18(22)10-11-29-2;/h3-7,15,17-18H,8-14,22H2,1-2H3,(H,25,26);1H/t15?,17-,18?;/m1./s1. The Morgan fingerprint density at radius 1 is 1.06 bits per heavy atom. The number of ether oxygens (including phenoxy) is 2. The molecule has 3 atom stereocenters. The highest BCUT2D eigenvalue weighted by atomic mass is 35.5. The number of halogens is 1. The largest absolute Gasteiger partial charge is 1.00 e. The first-order valence-electron chi connectivity index (χ1n) is 10.0. The van der Waals surface area contributed by atoms with Crippen molar-refractivity contribution in [2.75, 3.05) is 23.5 Å². The first-order valence-corrected chi connectivity index (χ1v) is 13.9. The SMILES string of the molecule is CSCCC([NH3+])CSSC[C@@H](Cc1ccccc1)C(=O)CCC(=O)OC(C)OC(=O)O.[Cl-]. The second kappa shape index (κ2) is 18.4. The summed E-state index contributed by atoms with van der Waals surface area (Å²) in [4.78, 5) is 35.2. The molecule has 1 aromatic carbocycles. The average molecular weight is 526 g/mol. The highest BCUT2D eigenvalue weighted by molar-refractivity contribution is 8.76. The molecule has 0 aliphatic carbocycles. The second-order valence-electron chi connectivity index (χ2n) is 7.01. The van der Waals surface area contributed by atoms with Gasteiger partial charge in [0.25, 0.3) is 0 Å². The van der Waals surface area contributed by atoms with Crippen LogP contribution >= 0.6 is 33.3 Å². The molecule has 0 aliphatic rings. The summed E-state index contributed by atoms with van der Waals surface area (Å²) in [6.45, 7) is 1.31. The molecule has 0 heterocycles. The molecular formula is C21H32ClNO6S3. The molecule has 0 amide bonds. The van der Waals surface area contributed by atoms with Crippen LogP contribution in [0.5, 0.6) is 0 Å². The minimum Gasteiger partial charge on any atom is -1.00 e. The van der Waals surface area contributed by atoms with E-state index in [1.165, 1.54) is 6.92 Å². The Hall–Kier alpha value is -1.07.